The van der Waals surface area contributed by atoms with Crippen LogP contribution in [-0.2, 0) is 5.41 Å². The molecule has 6 rings (SSSR count). The number of pyridine rings is 1. The Labute approximate surface area is 139 Å². The first-order valence-electron chi connectivity index (χ1n) is 8.53. The van der Waals surface area contributed by atoms with Gasteiger partial charge in [0.15, 0.2) is 0 Å². The van der Waals surface area contributed by atoms with Crippen LogP contribution >= 0.6 is 11.3 Å². The van der Waals surface area contributed by atoms with Crippen molar-refractivity contribution in [3.8, 4) is 0 Å². The molecule has 0 aromatic carbocycles. The molecule has 0 unspecified atom stereocenters. The number of rotatable bonds is 2. The van der Waals surface area contributed by atoms with Crippen LogP contribution in [0.3, 0.4) is 0 Å². The average molecular weight is 327 g/mol. The predicted octanol–water partition coefficient (Wildman–Crippen LogP) is 3.45. The van der Waals surface area contributed by atoms with E-state index >= 15 is 0 Å². The molecule has 23 heavy (non-hydrogen) atoms. The monoisotopic (exact) mass is 327 g/mol. The standard InChI is InChI=1S/C18H21N3OS/c19-14-12-1-2-13(21-17(12)23-15(14)16(20)22)18-6-9-3-10(7-18)5-11(4-9)8-18/h1-2,9-11H,3-8,19H2,(H2,20,22). The van der Waals surface area contributed by atoms with Crippen molar-refractivity contribution in [3.05, 3.63) is 22.7 Å². The number of carbonyl (C=O) groups excluding carboxylic acids is 1. The molecular formula is C18H21N3OS. The Bertz CT molecular complexity index is 790. The van der Waals surface area contributed by atoms with Gasteiger partial charge in [0.05, 0.1) is 5.69 Å². The molecule has 2 aromatic rings. The summed E-state index contributed by atoms with van der Waals surface area (Å²) in [6, 6.07) is 4.21. The summed E-state index contributed by atoms with van der Waals surface area (Å²) in [5.41, 5.74) is 13.5. The third kappa shape index (κ3) is 1.89. The summed E-state index contributed by atoms with van der Waals surface area (Å²) in [5.74, 6) is 2.23. The fourth-order valence-corrected chi connectivity index (χ4v) is 6.85. The SMILES string of the molecule is NC(=O)c1sc2nc(C34CC5CC(CC(C5)C3)C4)ccc2c1N. The zero-order valence-corrected chi connectivity index (χ0v) is 13.9. The second-order valence-electron chi connectivity index (χ2n) is 7.96. The Kier molecular flexibility index (Phi) is 2.68. The van der Waals surface area contributed by atoms with E-state index in [-0.39, 0.29) is 5.41 Å². The van der Waals surface area contributed by atoms with E-state index in [1.165, 1.54) is 55.6 Å². The van der Waals surface area contributed by atoms with Crippen LogP contribution in [0.1, 0.15) is 53.9 Å². The summed E-state index contributed by atoms with van der Waals surface area (Å²) >= 11 is 1.34. The molecule has 4 aliphatic carbocycles. The Morgan fingerprint density at radius 2 is 1.74 bits per heavy atom. The quantitative estimate of drug-likeness (QED) is 0.886. The summed E-state index contributed by atoms with van der Waals surface area (Å²) < 4.78 is 0. The van der Waals surface area contributed by atoms with Gasteiger partial charge < -0.3 is 11.5 Å². The van der Waals surface area contributed by atoms with E-state index in [0.29, 0.717) is 10.6 Å². The smallest absolute Gasteiger partial charge is 0.260 e. The van der Waals surface area contributed by atoms with Gasteiger partial charge in [0, 0.05) is 16.5 Å². The minimum atomic E-state index is -0.457. The number of aromatic nitrogens is 1. The molecule has 120 valence electrons. The Morgan fingerprint density at radius 3 is 2.30 bits per heavy atom. The van der Waals surface area contributed by atoms with E-state index in [2.05, 4.69) is 12.1 Å². The van der Waals surface area contributed by atoms with Crippen molar-refractivity contribution in [2.75, 3.05) is 5.73 Å². The maximum absolute atomic E-state index is 11.5. The molecule has 4 fully saturated rings. The molecule has 0 radical (unpaired) electrons. The number of hydrogen-bond donors (Lipinski definition) is 2. The number of primary amides is 1. The first-order valence-corrected chi connectivity index (χ1v) is 9.35. The summed E-state index contributed by atoms with van der Waals surface area (Å²) in [6.45, 7) is 0. The number of hydrogen-bond acceptors (Lipinski definition) is 4. The summed E-state index contributed by atoms with van der Waals surface area (Å²) in [4.78, 5) is 17.8. The average Bonchev–Trinajstić information content (AvgIpc) is 2.83. The lowest BCUT2D eigenvalue weighted by Gasteiger charge is -2.56. The Morgan fingerprint density at radius 1 is 1.13 bits per heavy atom. The number of nitrogens with zero attached hydrogens (tertiary/aromatic N) is 1. The lowest BCUT2D eigenvalue weighted by Crippen LogP contribution is -2.48. The molecule has 0 aliphatic heterocycles. The molecule has 5 heteroatoms. The number of nitrogens with two attached hydrogens (primary N) is 2. The maximum Gasteiger partial charge on any atom is 0.260 e. The van der Waals surface area contributed by atoms with Gasteiger partial charge in [-0.05, 0) is 68.4 Å². The molecule has 4 aliphatic rings. The van der Waals surface area contributed by atoms with Crippen molar-refractivity contribution >= 4 is 33.1 Å². The molecule has 4 N–H and O–H groups in total. The van der Waals surface area contributed by atoms with Crippen molar-refractivity contribution < 1.29 is 4.79 Å². The van der Waals surface area contributed by atoms with Crippen LogP contribution < -0.4 is 11.5 Å². The highest BCUT2D eigenvalue weighted by Gasteiger charge is 2.52. The molecule has 2 aromatic heterocycles. The highest BCUT2D eigenvalue weighted by molar-refractivity contribution is 7.21. The minimum absolute atomic E-state index is 0.272. The summed E-state index contributed by atoms with van der Waals surface area (Å²) in [5, 5.41) is 0.872. The molecule has 2 heterocycles. The van der Waals surface area contributed by atoms with Crippen molar-refractivity contribution in [2.24, 2.45) is 23.5 Å². The van der Waals surface area contributed by atoms with E-state index in [0.717, 1.165) is 28.0 Å². The fourth-order valence-electron chi connectivity index (χ4n) is 5.90. The van der Waals surface area contributed by atoms with E-state index in [1.807, 2.05) is 0 Å². The molecule has 0 spiro atoms. The summed E-state index contributed by atoms with van der Waals surface area (Å²) in [6.07, 6.45) is 8.17. The third-order valence-corrected chi connectivity index (χ3v) is 7.53. The Balaban J connectivity index is 1.62. The fraction of sp³-hybridized carbons (Fsp3) is 0.556. The van der Waals surface area contributed by atoms with Crippen LogP contribution in [0.2, 0.25) is 0 Å². The lowest BCUT2D eigenvalue weighted by atomic mass is 9.49. The largest absolute Gasteiger partial charge is 0.397 e. The van der Waals surface area contributed by atoms with Crippen molar-refractivity contribution in [2.45, 2.75) is 43.9 Å². The normalized spacial score (nSPS) is 35.0. The van der Waals surface area contributed by atoms with E-state index in [4.69, 9.17) is 16.5 Å². The molecular weight excluding hydrogens is 306 g/mol. The van der Waals surface area contributed by atoms with Crippen LogP contribution in [0, 0.1) is 17.8 Å². The van der Waals surface area contributed by atoms with Crippen LogP contribution in [0.5, 0.6) is 0 Å². The maximum atomic E-state index is 11.5. The molecule has 4 bridgehead atoms. The van der Waals surface area contributed by atoms with Gasteiger partial charge in [-0.1, -0.05) is 0 Å². The van der Waals surface area contributed by atoms with Crippen LogP contribution in [0.4, 0.5) is 5.69 Å². The molecule has 0 atom stereocenters. The first-order chi connectivity index (χ1) is 11.0. The lowest BCUT2D eigenvalue weighted by molar-refractivity contribution is -0.00704. The van der Waals surface area contributed by atoms with Gasteiger partial charge in [0.25, 0.3) is 5.91 Å². The van der Waals surface area contributed by atoms with Gasteiger partial charge in [-0.2, -0.15) is 0 Å². The number of fused-ring (bicyclic) bond motifs is 1. The molecule has 4 saturated carbocycles. The zero-order valence-electron chi connectivity index (χ0n) is 13.0. The number of anilines is 1. The molecule has 4 nitrogen and oxygen atoms in total. The van der Waals surface area contributed by atoms with Gasteiger partial charge >= 0.3 is 0 Å². The van der Waals surface area contributed by atoms with Crippen LogP contribution in [0.15, 0.2) is 12.1 Å². The first kappa shape index (κ1) is 13.8. The topological polar surface area (TPSA) is 82.0 Å². The summed E-state index contributed by atoms with van der Waals surface area (Å²) in [7, 11) is 0. The molecule has 0 saturated heterocycles. The Hall–Kier alpha value is -1.62. The molecule has 1 amide bonds. The van der Waals surface area contributed by atoms with E-state index in [9.17, 15) is 4.79 Å². The van der Waals surface area contributed by atoms with Crippen LogP contribution in [0.25, 0.3) is 10.2 Å². The van der Waals surface area contributed by atoms with Crippen molar-refractivity contribution in [1.82, 2.24) is 4.98 Å². The minimum Gasteiger partial charge on any atom is -0.397 e. The van der Waals surface area contributed by atoms with Crippen LogP contribution in [-0.4, -0.2) is 10.9 Å². The number of carbonyl (C=O) groups is 1. The second-order valence-corrected chi connectivity index (χ2v) is 8.96. The van der Waals surface area contributed by atoms with Crippen molar-refractivity contribution in [3.63, 3.8) is 0 Å². The third-order valence-electron chi connectivity index (χ3n) is 6.40. The number of nitrogen functional groups attached to an aromatic ring is 1. The number of amides is 1. The van der Waals surface area contributed by atoms with Crippen molar-refractivity contribution in [1.29, 1.82) is 0 Å². The van der Waals surface area contributed by atoms with Gasteiger partial charge in [-0.3, -0.25) is 4.79 Å². The van der Waals surface area contributed by atoms with E-state index < -0.39 is 5.91 Å². The highest BCUT2D eigenvalue weighted by atomic mass is 32.1. The second kappa shape index (κ2) is 4.47. The zero-order chi connectivity index (χ0) is 15.8. The number of thiophene rings is 1. The van der Waals surface area contributed by atoms with Gasteiger partial charge in [-0.15, -0.1) is 11.3 Å². The van der Waals surface area contributed by atoms with Gasteiger partial charge in [0.1, 0.15) is 9.71 Å². The van der Waals surface area contributed by atoms with Gasteiger partial charge in [-0.25, -0.2) is 4.98 Å². The van der Waals surface area contributed by atoms with Gasteiger partial charge in [0.2, 0.25) is 0 Å². The predicted molar refractivity (Wildman–Crippen MR) is 92.4 cm³/mol. The highest BCUT2D eigenvalue weighted by Crippen LogP contribution is 2.60. The van der Waals surface area contributed by atoms with E-state index in [1.54, 1.807) is 0 Å².